The number of benzene rings is 1. The van der Waals surface area contributed by atoms with Crippen molar-refractivity contribution in [1.29, 1.82) is 0 Å². The van der Waals surface area contributed by atoms with Crippen LogP contribution in [-0.4, -0.2) is 75.6 Å². The summed E-state index contributed by atoms with van der Waals surface area (Å²) in [4.78, 5) is 42.0. The van der Waals surface area contributed by atoms with Gasteiger partial charge in [0.25, 0.3) is 0 Å². The molecular weight excluding hydrogens is 446 g/mol. The molecule has 2 aromatic heterocycles. The van der Waals surface area contributed by atoms with Crippen molar-refractivity contribution in [3.63, 3.8) is 0 Å². The third kappa shape index (κ3) is 6.56. The van der Waals surface area contributed by atoms with E-state index in [1.807, 2.05) is 41.1 Å². The van der Waals surface area contributed by atoms with Crippen LogP contribution in [0.1, 0.15) is 24.7 Å². The number of aromatic nitrogens is 4. The molecule has 2 amide bonds. The summed E-state index contributed by atoms with van der Waals surface area (Å²) < 4.78 is 7.09. The maximum atomic E-state index is 12.8. The lowest BCUT2D eigenvalue weighted by atomic mass is 10.1. The molecule has 0 aliphatic carbocycles. The van der Waals surface area contributed by atoms with Crippen LogP contribution in [0.4, 0.5) is 5.82 Å². The van der Waals surface area contributed by atoms with Gasteiger partial charge >= 0.3 is 0 Å². The maximum Gasteiger partial charge on any atom is 0.222 e. The van der Waals surface area contributed by atoms with Crippen molar-refractivity contribution >= 4 is 17.6 Å². The predicted molar refractivity (Wildman–Crippen MR) is 131 cm³/mol. The summed E-state index contributed by atoms with van der Waals surface area (Å²) in [5.74, 6) is 2.19. The second kappa shape index (κ2) is 11.5. The molecule has 10 heteroatoms. The molecule has 1 unspecified atom stereocenters. The van der Waals surface area contributed by atoms with Crippen LogP contribution in [0.2, 0.25) is 0 Å². The zero-order valence-corrected chi connectivity index (χ0v) is 20.1. The number of ether oxygens (including phenoxy) is 1. The van der Waals surface area contributed by atoms with E-state index in [-0.39, 0.29) is 24.3 Å². The highest BCUT2D eigenvalue weighted by atomic mass is 16.5. The number of carbonyl (C=O) groups excluding carboxylic acids is 2. The van der Waals surface area contributed by atoms with Gasteiger partial charge in [-0.15, -0.1) is 0 Å². The normalized spacial score (nSPS) is 15.7. The lowest BCUT2D eigenvalue weighted by Gasteiger charge is -2.41. The van der Waals surface area contributed by atoms with E-state index < -0.39 is 0 Å². The van der Waals surface area contributed by atoms with Gasteiger partial charge in [-0.3, -0.25) is 9.59 Å². The average Bonchev–Trinajstić information content (AvgIpc) is 3.37. The minimum absolute atomic E-state index is 0.0121. The minimum atomic E-state index is -0.176. The molecule has 1 N–H and O–H groups in total. The van der Waals surface area contributed by atoms with Gasteiger partial charge in [0.1, 0.15) is 17.4 Å². The Bertz CT molecular complexity index is 1120. The summed E-state index contributed by atoms with van der Waals surface area (Å²) in [6.45, 7) is 4.28. The Labute approximate surface area is 205 Å². The van der Waals surface area contributed by atoms with E-state index in [1.165, 1.54) is 0 Å². The molecule has 0 saturated carbocycles. The van der Waals surface area contributed by atoms with E-state index in [0.717, 1.165) is 23.6 Å². The fraction of sp³-hybridized carbons (Fsp3) is 0.400. The van der Waals surface area contributed by atoms with Crippen LogP contribution in [0, 0.1) is 0 Å². The number of hydrogen-bond donors (Lipinski definition) is 1. The number of nitrogens with one attached hydrogen (secondary N) is 1. The van der Waals surface area contributed by atoms with Gasteiger partial charge in [-0.1, -0.05) is 12.1 Å². The average molecular weight is 478 g/mol. The first-order valence-electron chi connectivity index (χ1n) is 11.7. The van der Waals surface area contributed by atoms with Gasteiger partial charge in [0.05, 0.1) is 26.0 Å². The molecule has 4 rings (SSSR count). The van der Waals surface area contributed by atoms with Crippen LogP contribution in [0.5, 0.6) is 5.75 Å². The number of carbonyl (C=O) groups is 2. The van der Waals surface area contributed by atoms with Crippen LogP contribution in [-0.2, 0) is 22.6 Å². The van der Waals surface area contributed by atoms with Crippen molar-refractivity contribution in [2.75, 3.05) is 38.2 Å². The van der Waals surface area contributed by atoms with Gasteiger partial charge in [0.15, 0.2) is 0 Å². The molecule has 1 atom stereocenters. The molecule has 1 fully saturated rings. The highest BCUT2D eigenvalue weighted by Gasteiger charge is 2.31. The van der Waals surface area contributed by atoms with Crippen molar-refractivity contribution < 1.29 is 14.3 Å². The van der Waals surface area contributed by atoms with Crippen LogP contribution in [0.3, 0.4) is 0 Å². The first-order valence-corrected chi connectivity index (χ1v) is 11.7. The fourth-order valence-corrected chi connectivity index (χ4v) is 4.21. The van der Waals surface area contributed by atoms with Crippen molar-refractivity contribution in [3.8, 4) is 5.75 Å². The van der Waals surface area contributed by atoms with Crippen LogP contribution in [0.15, 0.2) is 55.2 Å². The lowest BCUT2D eigenvalue weighted by molar-refractivity contribution is -0.130. The predicted octanol–water partition coefficient (Wildman–Crippen LogP) is 1.52. The molecule has 3 aromatic rings. The zero-order valence-electron chi connectivity index (χ0n) is 20.1. The molecule has 10 nitrogen and oxygen atoms in total. The smallest absolute Gasteiger partial charge is 0.222 e. The fourth-order valence-electron chi connectivity index (χ4n) is 4.21. The summed E-state index contributed by atoms with van der Waals surface area (Å²) in [5.41, 5.74) is 1.12. The molecule has 0 radical (unpaired) electrons. The molecule has 0 bridgehead atoms. The largest absolute Gasteiger partial charge is 0.497 e. The lowest BCUT2D eigenvalue weighted by Crippen LogP contribution is -2.56. The van der Waals surface area contributed by atoms with Crippen molar-refractivity contribution in [3.05, 3.63) is 66.6 Å². The minimum Gasteiger partial charge on any atom is -0.497 e. The van der Waals surface area contributed by atoms with Crippen molar-refractivity contribution in [2.45, 2.75) is 32.4 Å². The number of hydrogen-bond acceptors (Lipinski definition) is 7. The van der Waals surface area contributed by atoms with E-state index in [0.29, 0.717) is 38.5 Å². The van der Waals surface area contributed by atoms with E-state index in [2.05, 4.69) is 20.2 Å². The van der Waals surface area contributed by atoms with Crippen molar-refractivity contribution in [2.24, 2.45) is 0 Å². The quantitative estimate of drug-likeness (QED) is 0.498. The van der Waals surface area contributed by atoms with Gasteiger partial charge in [-0.05, 0) is 30.2 Å². The number of anilines is 1. The van der Waals surface area contributed by atoms with Gasteiger partial charge in [0, 0.05) is 58.1 Å². The molecule has 3 heterocycles. The van der Waals surface area contributed by atoms with Crippen LogP contribution < -0.4 is 15.0 Å². The second-order valence-electron chi connectivity index (χ2n) is 8.53. The van der Waals surface area contributed by atoms with E-state index in [4.69, 9.17) is 9.72 Å². The van der Waals surface area contributed by atoms with Crippen molar-refractivity contribution in [1.82, 2.24) is 29.7 Å². The number of methoxy groups -OCH3 is 1. The van der Waals surface area contributed by atoms with Crippen LogP contribution >= 0.6 is 0 Å². The number of piperazine rings is 1. The summed E-state index contributed by atoms with van der Waals surface area (Å²) in [6.07, 6.45) is 8.04. The first-order chi connectivity index (χ1) is 17.0. The van der Waals surface area contributed by atoms with Gasteiger partial charge in [0.2, 0.25) is 11.8 Å². The number of rotatable bonds is 9. The third-order valence-electron chi connectivity index (χ3n) is 6.11. The summed E-state index contributed by atoms with van der Waals surface area (Å²) in [6, 6.07) is 9.50. The van der Waals surface area contributed by atoms with Gasteiger partial charge in [-0.2, -0.15) is 0 Å². The molecule has 1 aliphatic rings. The molecule has 35 heavy (non-hydrogen) atoms. The highest BCUT2D eigenvalue weighted by Crippen LogP contribution is 2.21. The number of nitrogens with zero attached hydrogens (tertiary/aromatic N) is 6. The monoisotopic (exact) mass is 477 g/mol. The molecule has 1 aliphatic heterocycles. The van der Waals surface area contributed by atoms with Crippen LogP contribution in [0.25, 0.3) is 0 Å². The third-order valence-corrected chi connectivity index (χ3v) is 6.11. The zero-order chi connectivity index (χ0) is 24.6. The Balaban J connectivity index is 1.39. The van der Waals surface area contributed by atoms with Gasteiger partial charge in [-0.25, -0.2) is 15.0 Å². The summed E-state index contributed by atoms with van der Waals surface area (Å²) in [5, 5.41) is 3.02. The van der Waals surface area contributed by atoms with E-state index in [9.17, 15) is 9.59 Å². The van der Waals surface area contributed by atoms with E-state index in [1.54, 1.807) is 37.7 Å². The highest BCUT2D eigenvalue weighted by molar-refractivity contribution is 5.78. The molecular formula is C25H31N7O3. The first kappa shape index (κ1) is 24.2. The topological polar surface area (TPSA) is 105 Å². The Morgan fingerprint density at radius 2 is 1.97 bits per heavy atom. The SMILES string of the molecule is COc1ccc(CCNC(=O)CC2CN(C(C)=O)CCN2c2ccnc(Cn3ccnc3)n2)cc1. The Kier molecular flexibility index (Phi) is 7.92. The van der Waals surface area contributed by atoms with E-state index >= 15 is 0 Å². The summed E-state index contributed by atoms with van der Waals surface area (Å²) >= 11 is 0. The molecule has 1 saturated heterocycles. The molecule has 1 aromatic carbocycles. The standard InChI is InChI=1S/C25H31N7O3/c1-19(33)31-13-14-32(24-8-10-27-23(29-24)17-30-12-11-26-18-30)21(16-31)15-25(34)28-9-7-20-3-5-22(35-2)6-4-20/h3-6,8,10-12,18,21H,7,9,13-17H2,1-2H3,(H,28,34). The Morgan fingerprint density at radius 1 is 1.14 bits per heavy atom. The Hall–Kier alpha value is -3.95. The molecule has 0 spiro atoms. The summed E-state index contributed by atoms with van der Waals surface area (Å²) in [7, 11) is 1.64. The maximum absolute atomic E-state index is 12.8. The number of amides is 2. The molecule has 184 valence electrons. The Morgan fingerprint density at radius 3 is 2.69 bits per heavy atom. The second-order valence-corrected chi connectivity index (χ2v) is 8.53. The number of imidazole rings is 1. The van der Waals surface area contributed by atoms with Gasteiger partial charge < -0.3 is 24.4 Å².